The summed E-state index contributed by atoms with van der Waals surface area (Å²) >= 11 is 0. The minimum absolute atomic E-state index is 0.0229. The summed E-state index contributed by atoms with van der Waals surface area (Å²) < 4.78 is 30.9. The van der Waals surface area contributed by atoms with Crippen LogP contribution in [0.4, 0.5) is 0 Å². The van der Waals surface area contributed by atoms with Crippen molar-refractivity contribution in [3.63, 3.8) is 0 Å². The van der Waals surface area contributed by atoms with Crippen molar-refractivity contribution in [1.82, 2.24) is 4.31 Å². The third kappa shape index (κ3) is 4.21. The molecule has 0 fully saturated rings. The molecule has 0 bridgehead atoms. The first-order valence-electron chi connectivity index (χ1n) is 6.13. The molecule has 0 spiro atoms. The lowest BCUT2D eigenvalue weighted by molar-refractivity contribution is -0.137. The Bertz CT molecular complexity index is 568. The highest BCUT2D eigenvalue weighted by atomic mass is 32.2. The number of carbonyl (C=O) groups is 1. The van der Waals surface area contributed by atoms with Gasteiger partial charge in [-0.05, 0) is 18.1 Å². The highest BCUT2D eigenvalue weighted by Crippen LogP contribution is 2.21. The SMILES string of the molecule is COc1cccc(S(=O)(=O)N(CC(=O)O)CC(C)C)c1. The first-order valence-corrected chi connectivity index (χ1v) is 7.57. The van der Waals surface area contributed by atoms with Crippen molar-refractivity contribution in [3.05, 3.63) is 24.3 Å². The van der Waals surface area contributed by atoms with Crippen molar-refractivity contribution in [2.75, 3.05) is 20.2 Å². The van der Waals surface area contributed by atoms with Crippen molar-refractivity contribution < 1.29 is 23.1 Å². The molecule has 0 heterocycles. The van der Waals surface area contributed by atoms with Crippen LogP contribution in [-0.4, -0.2) is 44.0 Å². The standard InChI is InChI=1S/C13H19NO5S/c1-10(2)8-14(9-13(15)16)20(17,18)12-6-4-5-11(7-12)19-3/h4-7,10H,8-9H2,1-3H3,(H,15,16). The Kier molecular flexibility index (Phi) is 5.52. The van der Waals surface area contributed by atoms with Crippen LogP contribution in [0.1, 0.15) is 13.8 Å². The van der Waals surface area contributed by atoms with Crippen LogP contribution in [0.25, 0.3) is 0 Å². The summed E-state index contributed by atoms with van der Waals surface area (Å²) in [5.41, 5.74) is 0. The van der Waals surface area contributed by atoms with E-state index in [0.717, 1.165) is 4.31 Å². The molecule has 0 aliphatic heterocycles. The number of hydrogen-bond acceptors (Lipinski definition) is 4. The number of ether oxygens (including phenoxy) is 1. The molecule has 1 N–H and O–H groups in total. The molecule has 6 nitrogen and oxygen atoms in total. The van der Waals surface area contributed by atoms with Gasteiger partial charge in [-0.15, -0.1) is 0 Å². The zero-order valence-electron chi connectivity index (χ0n) is 11.7. The van der Waals surface area contributed by atoms with Crippen LogP contribution >= 0.6 is 0 Å². The molecule has 0 amide bonds. The topological polar surface area (TPSA) is 83.9 Å². The number of carboxylic acid groups (broad SMARTS) is 1. The summed E-state index contributed by atoms with van der Waals surface area (Å²) in [4.78, 5) is 10.9. The lowest BCUT2D eigenvalue weighted by Gasteiger charge is -2.22. The lowest BCUT2D eigenvalue weighted by atomic mass is 10.2. The van der Waals surface area contributed by atoms with Crippen LogP contribution in [0.15, 0.2) is 29.2 Å². The molecule has 20 heavy (non-hydrogen) atoms. The molecule has 1 aromatic rings. The number of nitrogens with zero attached hydrogens (tertiary/aromatic N) is 1. The number of benzene rings is 1. The van der Waals surface area contributed by atoms with Crippen molar-refractivity contribution in [1.29, 1.82) is 0 Å². The number of rotatable bonds is 7. The maximum absolute atomic E-state index is 12.5. The average Bonchev–Trinajstić information content (AvgIpc) is 2.37. The fraction of sp³-hybridized carbons (Fsp3) is 0.462. The average molecular weight is 301 g/mol. The highest BCUT2D eigenvalue weighted by Gasteiger charge is 2.27. The van der Waals surface area contributed by atoms with Crippen molar-refractivity contribution in [2.24, 2.45) is 5.92 Å². The van der Waals surface area contributed by atoms with E-state index < -0.39 is 22.5 Å². The summed E-state index contributed by atoms with van der Waals surface area (Å²) in [6, 6.07) is 5.99. The number of hydrogen-bond donors (Lipinski definition) is 1. The largest absolute Gasteiger partial charge is 0.497 e. The van der Waals surface area contributed by atoms with Crippen molar-refractivity contribution >= 4 is 16.0 Å². The second-order valence-electron chi connectivity index (χ2n) is 4.76. The fourth-order valence-electron chi connectivity index (χ4n) is 1.72. The maximum Gasteiger partial charge on any atom is 0.318 e. The van der Waals surface area contributed by atoms with E-state index in [2.05, 4.69) is 0 Å². The van der Waals surface area contributed by atoms with Gasteiger partial charge in [0.15, 0.2) is 0 Å². The Morgan fingerprint density at radius 1 is 1.40 bits per heavy atom. The van der Waals surface area contributed by atoms with Gasteiger partial charge in [0, 0.05) is 12.6 Å². The molecule has 0 aromatic heterocycles. The molecule has 0 aliphatic carbocycles. The number of methoxy groups -OCH3 is 1. The normalized spacial score (nSPS) is 11.8. The van der Waals surface area contributed by atoms with Crippen LogP contribution in [0.2, 0.25) is 0 Å². The van der Waals surface area contributed by atoms with Gasteiger partial charge in [0.1, 0.15) is 12.3 Å². The highest BCUT2D eigenvalue weighted by molar-refractivity contribution is 7.89. The monoisotopic (exact) mass is 301 g/mol. The maximum atomic E-state index is 12.5. The van der Waals surface area contributed by atoms with Gasteiger partial charge in [0.2, 0.25) is 10.0 Å². The third-order valence-corrected chi connectivity index (χ3v) is 4.37. The molecular weight excluding hydrogens is 282 g/mol. The number of carboxylic acids is 1. The summed E-state index contributed by atoms with van der Waals surface area (Å²) in [6.45, 7) is 3.25. The zero-order chi connectivity index (χ0) is 15.3. The smallest absolute Gasteiger partial charge is 0.318 e. The van der Waals surface area contributed by atoms with Gasteiger partial charge in [-0.1, -0.05) is 19.9 Å². The summed E-state index contributed by atoms with van der Waals surface area (Å²) in [7, 11) is -2.41. The molecule has 0 atom stereocenters. The van der Waals surface area contributed by atoms with Gasteiger partial charge >= 0.3 is 5.97 Å². The Labute approximate surface area is 119 Å². The summed E-state index contributed by atoms with van der Waals surface area (Å²) in [5.74, 6) is -0.752. The minimum atomic E-state index is -3.85. The second-order valence-corrected chi connectivity index (χ2v) is 6.70. The lowest BCUT2D eigenvalue weighted by Crippen LogP contribution is -2.38. The molecule has 0 saturated heterocycles. The quantitative estimate of drug-likeness (QED) is 0.823. The van der Waals surface area contributed by atoms with Crippen LogP contribution in [0.3, 0.4) is 0 Å². The predicted octanol–water partition coefficient (Wildman–Crippen LogP) is 1.43. The van der Waals surface area contributed by atoms with Gasteiger partial charge in [-0.25, -0.2) is 8.42 Å². The Morgan fingerprint density at radius 2 is 2.05 bits per heavy atom. The van der Waals surface area contributed by atoms with Gasteiger partial charge in [-0.2, -0.15) is 4.31 Å². The van der Waals surface area contributed by atoms with E-state index in [1.165, 1.54) is 19.2 Å². The molecule has 0 saturated carbocycles. The molecule has 0 unspecified atom stereocenters. The second kappa shape index (κ2) is 6.71. The molecule has 1 aromatic carbocycles. The van der Waals surface area contributed by atoms with Crippen molar-refractivity contribution in [3.8, 4) is 5.75 Å². The summed E-state index contributed by atoms with van der Waals surface area (Å²) in [6.07, 6.45) is 0. The van der Waals surface area contributed by atoms with Crippen LogP contribution in [-0.2, 0) is 14.8 Å². The molecular formula is C13H19NO5S. The van der Waals surface area contributed by atoms with Gasteiger partial charge in [0.05, 0.1) is 12.0 Å². The van der Waals surface area contributed by atoms with E-state index >= 15 is 0 Å². The minimum Gasteiger partial charge on any atom is -0.497 e. The van der Waals surface area contributed by atoms with Crippen LogP contribution in [0.5, 0.6) is 5.75 Å². The summed E-state index contributed by atoms with van der Waals surface area (Å²) in [5, 5.41) is 8.88. The van der Waals surface area contributed by atoms with E-state index in [4.69, 9.17) is 9.84 Å². The number of sulfonamides is 1. The van der Waals surface area contributed by atoms with E-state index in [-0.39, 0.29) is 17.4 Å². The third-order valence-electron chi connectivity index (χ3n) is 2.56. The van der Waals surface area contributed by atoms with Gasteiger partial charge in [0.25, 0.3) is 0 Å². The first kappa shape index (κ1) is 16.5. The molecule has 7 heteroatoms. The van der Waals surface area contributed by atoms with Crippen LogP contribution < -0.4 is 4.74 Å². The van der Waals surface area contributed by atoms with Crippen molar-refractivity contribution in [2.45, 2.75) is 18.7 Å². The Balaban J connectivity index is 3.17. The van der Waals surface area contributed by atoms with E-state index in [0.29, 0.717) is 5.75 Å². The van der Waals surface area contributed by atoms with Gasteiger partial charge in [-0.3, -0.25) is 4.79 Å². The fourth-order valence-corrected chi connectivity index (χ4v) is 3.31. The van der Waals surface area contributed by atoms with E-state index in [9.17, 15) is 13.2 Å². The Hall–Kier alpha value is -1.60. The molecule has 112 valence electrons. The Morgan fingerprint density at radius 3 is 2.55 bits per heavy atom. The predicted molar refractivity (Wildman–Crippen MR) is 74.2 cm³/mol. The molecule has 0 aliphatic rings. The van der Waals surface area contributed by atoms with Crippen LogP contribution in [0, 0.1) is 5.92 Å². The first-order chi connectivity index (χ1) is 9.27. The zero-order valence-corrected chi connectivity index (χ0v) is 12.6. The van der Waals surface area contributed by atoms with E-state index in [1.54, 1.807) is 12.1 Å². The molecule has 0 radical (unpaired) electrons. The number of aliphatic carboxylic acids is 1. The molecule has 1 rings (SSSR count). The van der Waals surface area contributed by atoms with Gasteiger partial charge < -0.3 is 9.84 Å². The van der Waals surface area contributed by atoms with E-state index in [1.807, 2.05) is 13.8 Å².